The number of ether oxygens (including phenoxy) is 1. The lowest BCUT2D eigenvalue weighted by molar-refractivity contribution is 0.136. The van der Waals surface area contributed by atoms with Crippen LogP contribution in [0.3, 0.4) is 0 Å². The van der Waals surface area contributed by atoms with Gasteiger partial charge in [0.05, 0.1) is 24.1 Å². The van der Waals surface area contributed by atoms with Crippen LogP contribution < -0.4 is 15.4 Å². The first-order valence-corrected chi connectivity index (χ1v) is 7.17. The summed E-state index contributed by atoms with van der Waals surface area (Å²) in [7, 11) is 0. The van der Waals surface area contributed by atoms with E-state index in [4.69, 9.17) is 10.5 Å². The molecule has 0 spiro atoms. The molecule has 0 aromatic heterocycles. The van der Waals surface area contributed by atoms with Crippen molar-refractivity contribution < 1.29 is 14.2 Å². The summed E-state index contributed by atoms with van der Waals surface area (Å²) in [6.45, 7) is 5.82. The van der Waals surface area contributed by atoms with E-state index in [1.807, 2.05) is 6.92 Å². The molecule has 0 amide bonds. The average molecular weight is 282 g/mol. The van der Waals surface area contributed by atoms with Crippen LogP contribution in [0.15, 0.2) is 12.1 Å². The minimum atomic E-state index is -0.425. The van der Waals surface area contributed by atoms with Gasteiger partial charge in [-0.3, -0.25) is 0 Å². The second-order valence-corrected chi connectivity index (χ2v) is 5.43. The number of aliphatic hydroxyl groups excluding tert-OH is 1. The normalized spacial score (nSPS) is 20.2. The Balaban J connectivity index is 2.19. The lowest BCUT2D eigenvalue weighted by Gasteiger charge is -2.22. The number of hydrogen-bond donors (Lipinski definition) is 2. The molecule has 0 saturated carbocycles. The topological polar surface area (TPSA) is 58.7 Å². The minimum Gasteiger partial charge on any atom is -0.490 e. The van der Waals surface area contributed by atoms with Gasteiger partial charge in [-0.25, -0.2) is 4.39 Å². The van der Waals surface area contributed by atoms with Crippen molar-refractivity contribution in [3.05, 3.63) is 17.9 Å². The lowest BCUT2D eigenvalue weighted by atomic mass is 10.0. The molecule has 112 valence electrons. The summed E-state index contributed by atoms with van der Waals surface area (Å²) in [6.07, 6.45) is 1.41. The summed E-state index contributed by atoms with van der Waals surface area (Å²) in [5.74, 6) is 0.0574. The van der Waals surface area contributed by atoms with Crippen LogP contribution in [0.1, 0.15) is 26.7 Å². The smallest absolute Gasteiger partial charge is 0.167 e. The van der Waals surface area contributed by atoms with E-state index in [9.17, 15) is 9.50 Å². The first-order chi connectivity index (χ1) is 9.52. The van der Waals surface area contributed by atoms with Crippen LogP contribution in [0, 0.1) is 11.7 Å². The molecule has 1 fully saturated rings. The van der Waals surface area contributed by atoms with Crippen molar-refractivity contribution in [1.82, 2.24) is 0 Å². The van der Waals surface area contributed by atoms with Crippen molar-refractivity contribution in [2.24, 2.45) is 5.92 Å². The number of nitrogens with two attached hydrogens (primary N) is 1. The fourth-order valence-electron chi connectivity index (χ4n) is 2.55. The molecule has 2 unspecified atom stereocenters. The fraction of sp³-hybridized carbons (Fsp3) is 0.600. The number of anilines is 2. The van der Waals surface area contributed by atoms with Gasteiger partial charge >= 0.3 is 0 Å². The van der Waals surface area contributed by atoms with Crippen molar-refractivity contribution in [2.75, 3.05) is 30.3 Å². The van der Waals surface area contributed by atoms with E-state index in [-0.39, 0.29) is 17.8 Å². The van der Waals surface area contributed by atoms with E-state index in [0.29, 0.717) is 12.3 Å². The van der Waals surface area contributed by atoms with Crippen molar-refractivity contribution in [3.8, 4) is 5.75 Å². The van der Waals surface area contributed by atoms with Gasteiger partial charge in [0.1, 0.15) is 0 Å². The molecule has 1 heterocycles. The van der Waals surface area contributed by atoms with Crippen molar-refractivity contribution in [2.45, 2.75) is 32.8 Å². The van der Waals surface area contributed by atoms with Crippen LogP contribution in [0.2, 0.25) is 0 Å². The number of hydrogen-bond acceptors (Lipinski definition) is 4. The van der Waals surface area contributed by atoms with Crippen LogP contribution in [0.4, 0.5) is 15.8 Å². The quantitative estimate of drug-likeness (QED) is 0.814. The first kappa shape index (κ1) is 14.9. The van der Waals surface area contributed by atoms with Crippen molar-refractivity contribution in [1.29, 1.82) is 0 Å². The molecule has 0 aliphatic carbocycles. The third-order valence-electron chi connectivity index (χ3n) is 3.79. The van der Waals surface area contributed by atoms with E-state index in [1.165, 1.54) is 6.07 Å². The second-order valence-electron chi connectivity index (χ2n) is 5.43. The molecular formula is C15H23FN2O2. The molecule has 0 radical (unpaired) electrons. The highest BCUT2D eigenvalue weighted by molar-refractivity contribution is 5.70. The van der Waals surface area contributed by atoms with Gasteiger partial charge in [0.15, 0.2) is 11.6 Å². The number of nitrogens with zero attached hydrogens (tertiary/aromatic N) is 1. The third kappa shape index (κ3) is 3.15. The molecule has 1 aliphatic heterocycles. The number of halogens is 1. The van der Waals surface area contributed by atoms with Gasteiger partial charge in [0, 0.05) is 31.1 Å². The van der Waals surface area contributed by atoms with E-state index < -0.39 is 5.82 Å². The summed E-state index contributed by atoms with van der Waals surface area (Å²) in [4.78, 5) is 2.09. The molecule has 20 heavy (non-hydrogen) atoms. The molecule has 1 saturated heterocycles. The van der Waals surface area contributed by atoms with Crippen LogP contribution in [0.5, 0.6) is 5.75 Å². The predicted molar refractivity (Wildman–Crippen MR) is 78.6 cm³/mol. The highest BCUT2D eigenvalue weighted by Gasteiger charge is 2.27. The van der Waals surface area contributed by atoms with E-state index >= 15 is 0 Å². The maximum Gasteiger partial charge on any atom is 0.167 e. The summed E-state index contributed by atoms with van der Waals surface area (Å²) in [6, 6.07) is 2.99. The van der Waals surface area contributed by atoms with Crippen molar-refractivity contribution in [3.63, 3.8) is 0 Å². The maximum atomic E-state index is 13.8. The SMILES string of the molecule is CCCOc1cc(N2CCC(C(C)O)C2)c(N)cc1F. The largest absolute Gasteiger partial charge is 0.490 e. The Morgan fingerprint density at radius 3 is 2.90 bits per heavy atom. The number of aliphatic hydroxyl groups is 1. The molecular weight excluding hydrogens is 259 g/mol. The predicted octanol–water partition coefficient (Wildman–Crippen LogP) is 2.40. The molecule has 1 aliphatic rings. The molecule has 2 rings (SSSR count). The van der Waals surface area contributed by atoms with Gasteiger partial charge in [-0.2, -0.15) is 0 Å². The summed E-state index contributed by atoms with van der Waals surface area (Å²) >= 11 is 0. The molecule has 1 aromatic carbocycles. The number of nitrogen functional groups attached to an aromatic ring is 1. The molecule has 3 N–H and O–H groups in total. The highest BCUT2D eigenvalue weighted by atomic mass is 19.1. The zero-order valence-corrected chi connectivity index (χ0v) is 12.1. The molecule has 4 nitrogen and oxygen atoms in total. The lowest BCUT2D eigenvalue weighted by Crippen LogP contribution is -2.24. The van der Waals surface area contributed by atoms with E-state index in [2.05, 4.69) is 4.90 Å². The van der Waals surface area contributed by atoms with Gasteiger partial charge in [-0.1, -0.05) is 6.92 Å². The first-order valence-electron chi connectivity index (χ1n) is 7.17. The van der Waals surface area contributed by atoms with Gasteiger partial charge in [-0.05, 0) is 19.8 Å². The Hall–Kier alpha value is -1.49. The fourth-order valence-corrected chi connectivity index (χ4v) is 2.55. The van der Waals surface area contributed by atoms with Gasteiger partial charge in [0.2, 0.25) is 0 Å². The number of rotatable bonds is 5. The van der Waals surface area contributed by atoms with Gasteiger partial charge in [-0.15, -0.1) is 0 Å². The van der Waals surface area contributed by atoms with E-state index in [0.717, 1.165) is 31.6 Å². The average Bonchev–Trinajstić information content (AvgIpc) is 2.87. The Bertz CT molecular complexity index is 465. The Morgan fingerprint density at radius 1 is 1.55 bits per heavy atom. The maximum absolute atomic E-state index is 13.8. The molecule has 1 aromatic rings. The molecule has 0 bridgehead atoms. The third-order valence-corrected chi connectivity index (χ3v) is 3.79. The Labute approximate surface area is 119 Å². The zero-order chi connectivity index (χ0) is 14.7. The Morgan fingerprint density at radius 2 is 2.30 bits per heavy atom. The van der Waals surface area contributed by atoms with Gasteiger partial charge < -0.3 is 20.5 Å². The molecule has 2 atom stereocenters. The van der Waals surface area contributed by atoms with Crippen LogP contribution in [-0.2, 0) is 0 Å². The van der Waals surface area contributed by atoms with Crippen LogP contribution in [0.25, 0.3) is 0 Å². The summed E-state index contributed by atoms with van der Waals surface area (Å²) < 4.78 is 19.2. The minimum absolute atomic E-state index is 0.236. The Kier molecular flexibility index (Phi) is 4.70. The van der Waals surface area contributed by atoms with Gasteiger partial charge in [0.25, 0.3) is 0 Å². The zero-order valence-electron chi connectivity index (χ0n) is 12.1. The number of benzene rings is 1. The molecule has 5 heteroatoms. The monoisotopic (exact) mass is 282 g/mol. The van der Waals surface area contributed by atoms with Crippen molar-refractivity contribution >= 4 is 11.4 Å². The highest BCUT2D eigenvalue weighted by Crippen LogP contribution is 2.34. The van der Waals surface area contributed by atoms with Crippen LogP contribution >= 0.6 is 0 Å². The van der Waals surface area contributed by atoms with Crippen LogP contribution in [-0.4, -0.2) is 30.9 Å². The summed E-state index contributed by atoms with van der Waals surface area (Å²) in [5, 5.41) is 9.66. The summed E-state index contributed by atoms with van der Waals surface area (Å²) in [5.41, 5.74) is 7.13. The van der Waals surface area contributed by atoms with E-state index in [1.54, 1.807) is 13.0 Å². The standard InChI is InChI=1S/C15H23FN2O2/c1-3-6-20-15-8-14(13(17)7-12(15)16)18-5-4-11(9-18)10(2)19/h7-8,10-11,19H,3-6,9,17H2,1-2H3. The second kappa shape index (κ2) is 6.31.